The minimum atomic E-state index is -4.33. The first-order valence-corrected chi connectivity index (χ1v) is 12.4. The van der Waals surface area contributed by atoms with Gasteiger partial charge in [-0.25, -0.2) is 4.98 Å². The van der Waals surface area contributed by atoms with Gasteiger partial charge in [0.05, 0.1) is 5.56 Å². The molecule has 4 heterocycles. The first-order valence-electron chi connectivity index (χ1n) is 11.6. The lowest BCUT2D eigenvalue weighted by Crippen LogP contribution is -2.53. The number of aromatic nitrogens is 4. The second kappa shape index (κ2) is 9.57. The average Bonchev–Trinajstić information content (AvgIpc) is 3.29. The predicted molar refractivity (Wildman–Crippen MR) is 127 cm³/mol. The molecule has 0 aliphatic carbocycles. The highest BCUT2D eigenvalue weighted by molar-refractivity contribution is 7.09. The van der Waals surface area contributed by atoms with Crippen molar-refractivity contribution in [3.63, 3.8) is 0 Å². The van der Waals surface area contributed by atoms with Gasteiger partial charge in [-0.2, -0.15) is 17.5 Å². The molecule has 2 saturated heterocycles. The fraction of sp³-hybridized carbons (Fsp3) is 0.478. The van der Waals surface area contributed by atoms with Crippen molar-refractivity contribution in [3.8, 4) is 10.7 Å². The summed E-state index contributed by atoms with van der Waals surface area (Å²) in [6.07, 6.45) is -2.44. The molecular formula is C23H26F3N7OS. The van der Waals surface area contributed by atoms with Crippen molar-refractivity contribution in [1.82, 2.24) is 19.4 Å². The number of aryl methyl sites for hydroxylation is 1. The first kappa shape index (κ1) is 23.7. The van der Waals surface area contributed by atoms with Crippen LogP contribution >= 0.6 is 11.5 Å². The Morgan fingerprint density at radius 2 is 1.74 bits per heavy atom. The van der Waals surface area contributed by atoms with Crippen LogP contribution in [0.4, 0.5) is 24.7 Å². The van der Waals surface area contributed by atoms with Gasteiger partial charge in [-0.3, -0.25) is 4.90 Å². The number of rotatable bonds is 4. The molecule has 2 aliphatic rings. The molecule has 0 N–H and O–H groups in total. The Kier molecular flexibility index (Phi) is 6.49. The number of halogens is 3. The Morgan fingerprint density at radius 1 is 1.00 bits per heavy atom. The molecule has 2 fully saturated rings. The number of nitrogens with zero attached hydrogens (tertiary/aromatic N) is 7. The fourth-order valence-corrected chi connectivity index (χ4v) is 5.48. The zero-order valence-corrected chi connectivity index (χ0v) is 20.1. The molecule has 0 radical (unpaired) electrons. The summed E-state index contributed by atoms with van der Waals surface area (Å²) in [7, 11) is 0. The number of hydrogen-bond donors (Lipinski definition) is 0. The maximum Gasteiger partial charge on any atom is 0.416 e. The molecule has 0 saturated carbocycles. The second-order valence-corrected chi connectivity index (χ2v) is 9.64. The van der Waals surface area contributed by atoms with Gasteiger partial charge in [0.1, 0.15) is 5.82 Å². The zero-order chi connectivity index (χ0) is 24.6. The van der Waals surface area contributed by atoms with E-state index in [4.69, 9.17) is 0 Å². The summed E-state index contributed by atoms with van der Waals surface area (Å²) >= 11 is 1.18. The number of alkyl halides is 3. The van der Waals surface area contributed by atoms with Gasteiger partial charge in [0.25, 0.3) is 5.69 Å². The summed E-state index contributed by atoms with van der Waals surface area (Å²) in [5, 5.41) is 17.2. The van der Waals surface area contributed by atoms with Crippen LogP contribution < -0.4 is 14.6 Å². The molecule has 2 aromatic heterocycles. The van der Waals surface area contributed by atoms with Gasteiger partial charge in [0, 0.05) is 62.2 Å². The summed E-state index contributed by atoms with van der Waals surface area (Å²) in [5.74, 6) is 1.28. The highest BCUT2D eigenvalue weighted by atomic mass is 32.1. The summed E-state index contributed by atoms with van der Waals surface area (Å²) in [5.41, 5.74) is 0.413. The molecular weight excluding hydrogens is 479 g/mol. The Balaban J connectivity index is 1.15. The van der Waals surface area contributed by atoms with Crippen molar-refractivity contribution in [2.75, 3.05) is 49.1 Å². The molecule has 8 nitrogen and oxygen atoms in total. The van der Waals surface area contributed by atoms with Gasteiger partial charge >= 0.3 is 6.18 Å². The van der Waals surface area contributed by atoms with E-state index >= 15 is 0 Å². The Hall–Kier alpha value is -2.99. The standard InChI is InChI=1S/C23H26F3N7OS/c1-16-27-22(35-29-16)20-5-6-21(28-33(20)34)32-9-7-18(8-10-32)30-11-13-31(14-12-30)19-4-2-3-17(15-19)23(24,25)26/h2-6,15,18H,7-14H2,1H3. The van der Waals surface area contributed by atoms with Crippen molar-refractivity contribution in [1.29, 1.82) is 0 Å². The predicted octanol–water partition coefficient (Wildman–Crippen LogP) is 3.35. The van der Waals surface area contributed by atoms with Crippen molar-refractivity contribution >= 4 is 23.0 Å². The largest absolute Gasteiger partial charge is 0.594 e. The zero-order valence-electron chi connectivity index (χ0n) is 19.3. The van der Waals surface area contributed by atoms with Crippen molar-refractivity contribution in [2.45, 2.75) is 32.0 Å². The van der Waals surface area contributed by atoms with Crippen molar-refractivity contribution in [3.05, 3.63) is 53.0 Å². The fourth-order valence-electron chi connectivity index (χ4n) is 4.80. The van der Waals surface area contributed by atoms with Crippen LogP contribution in [0.1, 0.15) is 24.2 Å². The Bertz CT molecular complexity index is 1170. The van der Waals surface area contributed by atoms with Crippen LogP contribution in [0.3, 0.4) is 0 Å². The molecule has 0 spiro atoms. The van der Waals surface area contributed by atoms with Crippen molar-refractivity contribution in [2.24, 2.45) is 0 Å². The number of benzene rings is 1. The lowest BCUT2D eigenvalue weighted by Gasteiger charge is -2.43. The lowest BCUT2D eigenvalue weighted by molar-refractivity contribution is -0.656. The SMILES string of the molecule is Cc1nsc(-c2ccc(N3CCC(N4CCN(c5cccc(C(F)(F)F)c5)CC4)CC3)n[n+]2[O-])n1. The van der Waals surface area contributed by atoms with Gasteiger partial charge in [0.15, 0.2) is 5.82 Å². The molecule has 0 atom stereocenters. The number of anilines is 2. The van der Waals surface area contributed by atoms with Gasteiger partial charge < -0.3 is 15.0 Å². The minimum absolute atomic E-state index is 0.396. The maximum atomic E-state index is 13.1. The summed E-state index contributed by atoms with van der Waals surface area (Å²) in [4.78, 5) is 11.5. The van der Waals surface area contributed by atoms with Gasteiger partial charge in [-0.1, -0.05) is 6.07 Å². The van der Waals surface area contributed by atoms with E-state index in [2.05, 4.69) is 24.3 Å². The molecule has 5 rings (SSSR count). The molecule has 3 aromatic rings. The number of hydrogen-bond acceptors (Lipinski definition) is 8. The van der Waals surface area contributed by atoms with E-state index in [1.165, 1.54) is 23.7 Å². The van der Waals surface area contributed by atoms with Gasteiger partial charge in [-0.05, 0) is 60.4 Å². The third kappa shape index (κ3) is 5.18. The van der Waals surface area contributed by atoms with E-state index in [-0.39, 0.29) is 0 Å². The smallest absolute Gasteiger partial charge is 0.416 e. The molecule has 186 valence electrons. The monoisotopic (exact) mass is 505 g/mol. The lowest BCUT2D eigenvalue weighted by atomic mass is 10.0. The molecule has 12 heteroatoms. The summed E-state index contributed by atoms with van der Waals surface area (Å²) in [6.45, 7) is 6.40. The van der Waals surface area contributed by atoms with E-state index in [1.807, 2.05) is 11.0 Å². The van der Waals surface area contributed by atoms with Crippen LogP contribution in [0.15, 0.2) is 36.4 Å². The van der Waals surface area contributed by atoms with Crippen LogP contribution in [0.5, 0.6) is 0 Å². The van der Waals surface area contributed by atoms with E-state index in [1.54, 1.807) is 19.1 Å². The van der Waals surface area contributed by atoms with Crippen molar-refractivity contribution < 1.29 is 18.0 Å². The second-order valence-electron chi connectivity index (χ2n) is 8.89. The van der Waals surface area contributed by atoms with Crippen LogP contribution in [0.25, 0.3) is 10.7 Å². The molecule has 0 amide bonds. The van der Waals surface area contributed by atoms with E-state index < -0.39 is 11.7 Å². The molecule has 0 bridgehead atoms. The van der Waals surface area contributed by atoms with Crippen LogP contribution in [-0.4, -0.2) is 64.7 Å². The van der Waals surface area contributed by atoms with Crippen LogP contribution in [0, 0.1) is 12.1 Å². The third-order valence-electron chi connectivity index (χ3n) is 6.69. The normalized spacial score (nSPS) is 18.3. The topological polar surface area (TPSA) is 75.3 Å². The molecule has 0 unspecified atom stereocenters. The summed E-state index contributed by atoms with van der Waals surface area (Å²) < 4.78 is 43.3. The molecule has 1 aromatic carbocycles. The maximum absolute atomic E-state index is 13.1. The highest BCUT2D eigenvalue weighted by Gasteiger charge is 2.32. The van der Waals surface area contributed by atoms with Gasteiger partial charge in [-0.15, -0.1) is 0 Å². The minimum Gasteiger partial charge on any atom is -0.594 e. The van der Waals surface area contributed by atoms with Crippen LogP contribution in [-0.2, 0) is 6.18 Å². The van der Waals surface area contributed by atoms with Crippen LogP contribution in [0.2, 0.25) is 0 Å². The number of piperidine rings is 1. The van der Waals surface area contributed by atoms with E-state index in [9.17, 15) is 18.4 Å². The Morgan fingerprint density at radius 3 is 2.37 bits per heavy atom. The quantitative estimate of drug-likeness (QED) is 0.398. The molecule has 35 heavy (non-hydrogen) atoms. The average molecular weight is 506 g/mol. The summed E-state index contributed by atoms with van der Waals surface area (Å²) in [6, 6.07) is 9.58. The molecule has 2 aliphatic heterocycles. The number of piperazine rings is 1. The Labute approximate surface area is 205 Å². The third-order valence-corrected chi connectivity index (χ3v) is 7.52. The van der Waals surface area contributed by atoms with E-state index in [0.717, 1.165) is 45.1 Å². The van der Waals surface area contributed by atoms with E-state index in [0.29, 0.717) is 52.0 Å². The van der Waals surface area contributed by atoms with Gasteiger partial charge in [0.2, 0.25) is 5.01 Å². The highest BCUT2D eigenvalue weighted by Crippen LogP contribution is 2.32. The first-order chi connectivity index (χ1) is 16.8.